The highest BCUT2D eigenvalue weighted by molar-refractivity contribution is 14.0. The largest absolute Gasteiger partial charge is 0.357 e. The molecule has 118 valence electrons. The molecule has 2 N–H and O–H groups in total. The van der Waals surface area contributed by atoms with Gasteiger partial charge in [0.2, 0.25) is 0 Å². The summed E-state index contributed by atoms with van der Waals surface area (Å²) >= 11 is 0. The van der Waals surface area contributed by atoms with Gasteiger partial charge in [0.1, 0.15) is 0 Å². The van der Waals surface area contributed by atoms with Crippen molar-refractivity contribution in [1.82, 2.24) is 10.6 Å². The van der Waals surface area contributed by atoms with Crippen molar-refractivity contribution < 1.29 is 0 Å². The topological polar surface area (TPSA) is 36.4 Å². The van der Waals surface area contributed by atoms with Gasteiger partial charge < -0.3 is 10.6 Å². The summed E-state index contributed by atoms with van der Waals surface area (Å²) in [5.41, 5.74) is 2.69. The van der Waals surface area contributed by atoms with Crippen LogP contribution in [0.25, 0.3) is 0 Å². The van der Waals surface area contributed by atoms with Gasteiger partial charge in [0.15, 0.2) is 5.96 Å². The molecule has 0 aliphatic heterocycles. The second kappa shape index (κ2) is 10.0. The molecule has 0 unspecified atom stereocenters. The van der Waals surface area contributed by atoms with Gasteiger partial charge in [-0.2, -0.15) is 0 Å². The lowest BCUT2D eigenvalue weighted by Gasteiger charge is -2.16. The van der Waals surface area contributed by atoms with E-state index in [9.17, 15) is 0 Å². The summed E-state index contributed by atoms with van der Waals surface area (Å²) in [6, 6.07) is 9.30. The lowest BCUT2D eigenvalue weighted by atomic mass is 10.1. The van der Waals surface area contributed by atoms with Crippen molar-refractivity contribution >= 4 is 29.9 Å². The first kappa shape index (κ1) is 18.3. The maximum absolute atomic E-state index is 4.70. The summed E-state index contributed by atoms with van der Waals surface area (Å²) in [5, 5.41) is 6.90. The third-order valence-electron chi connectivity index (χ3n) is 3.79. The van der Waals surface area contributed by atoms with Crippen molar-refractivity contribution in [3.63, 3.8) is 0 Å². The molecule has 0 radical (unpaired) electrons. The van der Waals surface area contributed by atoms with Gasteiger partial charge in [-0.3, -0.25) is 4.99 Å². The molecule has 1 saturated carbocycles. The maximum Gasteiger partial charge on any atom is 0.191 e. The predicted octanol–water partition coefficient (Wildman–Crippen LogP) is 3.65. The fourth-order valence-electron chi connectivity index (χ4n) is 2.75. The lowest BCUT2D eigenvalue weighted by molar-refractivity contribution is 0.614. The maximum atomic E-state index is 4.70. The van der Waals surface area contributed by atoms with Crippen LogP contribution in [0.4, 0.5) is 0 Å². The van der Waals surface area contributed by atoms with Crippen molar-refractivity contribution in [2.75, 3.05) is 13.1 Å². The average molecular weight is 401 g/mol. The first-order chi connectivity index (χ1) is 9.78. The Labute approximate surface area is 146 Å². The second-order valence-electron chi connectivity index (χ2n) is 5.63. The van der Waals surface area contributed by atoms with Crippen LogP contribution in [0, 0.1) is 6.92 Å². The van der Waals surface area contributed by atoms with Crippen LogP contribution in [0.2, 0.25) is 0 Å². The molecular weight excluding hydrogens is 373 g/mol. The number of halogens is 1. The smallest absolute Gasteiger partial charge is 0.191 e. The molecular formula is C17H28IN3. The van der Waals surface area contributed by atoms with Gasteiger partial charge in [0.05, 0.1) is 0 Å². The van der Waals surface area contributed by atoms with Gasteiger partial charge in [0, 0.05) is 19.1 Å². The van der Waals surface area contributed by atoms with E-state index in [1.807, 2.05) is 0 Å². The van der Waals surface area contributed by atoms with Gasteiger partial charge in [-0.05, 0) is 38.7 Å². The molecule has 0 bridgehead atoms. The van der Waals surface area contributed by atoms with E-state index < -0.39 is 0 Å². The molecule has 3 nitrogen and oxygen atoms in total. The van der Waals surface area contributed by atoms with Crippen LogP contribution in [0.5, 0.6) is 0 Å². The number of aryl methyl sites for hydroxylation is 1. The summed E-state index contributed by atoms with van der Waals surface area (Å²) in [5.74, 6) is 0.979. The third kappa shape index (κ3) is 6.68. The molecule has 1 aromatic rings. The summed E-state index contributed by atoms with van der Waals surface area (Å²) < 4.78 is 0. The monoisotopic (exact) mass is 401 g/mol. The Morgan fingerprint density at radius 3 is 2.71 bits per heavy atom. The fourth-order valence-corrected chi connectivity index (χ4v) is 2.75. The first-order valence-electron chi connectivity index (χ1n) is 7.88. The molecule has 1 aromatic carbocycles. The first-order valence-corrected chi connectivity index (χ1v) is 7.88. The van der Waals surface area contributed by atoms with E-state index in [-0.39, 0.29) is 24.0 Å². The van der Waals surface area contributed by atoms with Crippen LogP contribution in [-0.2, 0) is 6.42 Å². The quantitative estimate of drug-likeness (QED) is 0.449. The van der Waals surface area contributed by atoms with Crippen LogP contribution < -0.4 is 10.6 Å². The van der Waals surface area contributed by atoms with E-state index in [0.717, 1.165) is 25.5 Å². The highest BCUT2D eigenvalue weighted by Gasteiger charge is 2.15. The zero-order valence-electron chi connectivity index (χ0n) is 13.2. The second-order valence-corrected chi connectivity index (χ2v) is 5.63. The number of aliphatic imine (C=N–C) groups is 1. The van der Waals surface area contributed by atoms with Gasteiger partial charge in [0.25, 0.3) is 0 Å². The van der Waals surface area contributed by atoms with Crippen LogP contribution in [0.3, 0.4) is 0 Å². The molecule has 1 aliphatic carbocycles. The van der Waals surface area contributed by atoms with Crippen molar-refractivity contribution in [2.24, 2.45) is 4.99 Å². The zero-order valence-corrected chi connectivity index (χ0v) is 15.5. The van der Waals surface area contributed by atoms with Crippen LogP contribution in [0.1, 0.15) is 43.7 Å². The Bertz CT molecular complexity index is 439. The van der Waals surface area contributed by atoms with Gasteiger partial charge in [-0.15, -0.1) is 24.0 Å². The van der Waals surface area contributed by atoms with Gasteiger partial charge in [-0.25, -0.2) is 0 Å². The van der Waals surface area contributed by atoms with E-state index in [2.05, 4.69) is 48.7 Å². The van der Waals surface area contributed by atoms with Crippen LogP contribution in [0.15, 0.2) is 29.3 Å². The van der Waals surface area contributed by atoms with Crippen molar-refractivity contribution in [2.45, 2.75) is 52.0 Å². The summed E-state index contributed by atoms with van der Waals surface area (Å²) in [4.78, 5) is 4.70. The van der Waals surface area contributed by atoms with Crippen molar-refractivity contribution in [3.8, 4) is 0 Å². The van der Waals surface area contributed by atoms with Crippen LogP contribution in [-0.4, -0.2) is 25.1 Å². The average Bonchev–Trinajstić information content (AvgIpc) is 2.92. The van der Waals surface area contributed by atoms with E-state index in [1.54, 1.807) is 0 Å². The molecule has 0 aromatic heterocycles. The molecule has 1 fully saturated rings. The molecule has 0 spiro atoms. The SMILES string of the molecule is CCNC(=NCCc1cccc(C)c1)NC1CCCC1.I. The standard InChI is InChI=1S/C17H27N3.HI/c1-3-18-17(20-16-9-4-5-10-16)19-12-11-15-8-6-7-14(2)13-15;/h6-8,13,16H,3-5,9-12H2,1-2H3,(H2,18,19,20);1H. The Morgan fingerprint density at radius 2 is 2.05 bits per heavy atom. The molecule has 0 saturated heterocycles. The highest BCUT2D eigenvalue weighted by Crippen LogP contribution is 2.17. The molecule has 1 aliphatic rings. The highest BCUT2D eigenvalue weighted by atomic mass is 127. The van der Waals surface area contributed by atoms with E-state index >= 15 is 0 Å². The molecule has 0 amide bonds. The van der Waals surface area contributed by atoms with Crippen LogP contribution >= 0.6 is 24.0 Å². The number of rotatable bonds is 5. The normalized spacial score (nSPS) is 15.6. The predicted molar refractivity (Wildman–Crippen MR) is 102 cm³/mol. The molecule has 0 heterocycles. The Morgan fingerprint density at radius 1 is 1.29 bits per heavy atom. The number of guanidine groups is 1. The summed E-state index contributed by atoms with van der Waals surface area (Å²) in [7, 11) is 0. The lowest BCUT2D eigenvalue weighted by Crippen LogP contribution is -2.42. The minimum absolute atomic E-state index is 0. The van der Waals surface area contributed by atoms with E-state index in [1.165, 1.54) is 36.8 Å². The molecule has 2 rings (SSSR count). The number of nitrogens with one attached hydrogen (secondary N) is 2. The minimum atomic E-state index is 0. The number of nitrogens with zero attached hydrogens (tertiary/aromatic N) is 1. The Kier molecular flexibility index (Phi) is 8.73. The third-order valence-corrected chi connectivity index (χ3v) is 3.79. The number of hydrogen-bond donors (Lipinski definition) is 2. The Balaban J connectivity index is 0.00000220. The van der Waals surface area contributed by atoms with Crippen molar-refractivity contribution in [1.29, 1.82) is 0 Å². The van der Waals surface area contributed by atoms with Gasteiger partial charge in [-0.1, -0.05) is 42.7 Å². The van der Waals surface area contributed by atoms with Gasteiger partial charge >= 0.3 is 0 Å². The summed E-state index contributed by atoms with van der Waals surface area (Å²) in [6.07, 6.45) is 6.26. The Hall–Kier alpha value is -0.780. The molecule has 4 heteroatoms. The zero-order chi connectivity index (χ0) is 14.2. The molecule has 0 atom stereocenters. The van der Waals surface area contributed by atoms with Crippen molar-refractivity contribution in [3.05, 3.63) is 35.4 Å². The number of hydrogen-bond acceptors (Lipinski definition) is 1. The fraction of sp³-hybridized carbons (Fsp3) is 0.588. The van der Waals surface area contributed by atoms with E-state index in [0.29, 0.717) is 6.04 Å². The molecule has 21 heavy (non-hydrogen) atoms. The minimum Gasteiger partial charge on any atom is -0.357 e. The number of benzene rings is 1. The summed E-state index contributed by atoms with van der Waals surface area (Å²) in [6.45, 7) is 6.01. The van der Waals surface area contributed by atoms with E-state index in [4.69, 9.17) is 4.99 Å².